The molecule has 3 rings (SSSR count). The summed E-state index contributed by atoms with van der Waals surface area (Å²) in [7, 11) is 0. The molecular weight excluding hydrogens is 556 g/mol. The number of guanidine groups is 1. The molecule has 1 saturated heterocycles. The maximum Gasteiger partial charge on any atom is 0.315 e. The number of rotatable bonds is 11. The fourth-order valence-electron chi connectivity index (χ4n) is 4.62. The first kappa shape index (κ1) is 36.7. The lowest BCUT2D eigenvalue weighted by Crippen LogP contribution is -2.50. The lowest BCUT2D eigenvalue weighted by molar-refractivity contribution is 0.226. The second kappa shape index (κ2) is 17.1. The van der Waals surface area contributed by atoms with E-state index in [2.05, 4.69) is 42.7 Å². The molecule has 12 nitrogen and oxygen atoms in total. The number of nitrogens with two attached hydrogens (primary N) is 3. The normalized spacial score (nSPS) is 16.0. The van der Waals surface area contributed by atoms with E-state index in [1.54, 1.807) is 6.20 Å². The SMILES string of the molecule is CC(C)(C)c1ncc(-c2ccc(CNCCCN=C(N)N)cc2)c(=O)[nH]1.C[C@@H](CN)CN1CC[C@H](NC(=O)NC(C)(C)C)C1. The van der Waals surface area contributed by atoms with Crippen LogP contribution in [0.3, 0.4) is 0 Å². The molecule has 0 radical (unpaired) electrons. The van der Waals surface area contributed by atoms with Gasteiger partial charge in [0.15, 0.2) is 5.96 Å². The van der Waals surface area contributed by atoms with E-state index in [1.165, 1.54) is 0 Å². The van der Waals surface area contributed by atoms with Crippen LogP contribution in [0.1, 0.15) is 72.7 Å². The second-order valence-electron chi connectivity index (χ2n) is 13.7. The molecule has 44 heavy (non-hydrogen) atoms. The Morgan fingerprint density at radius 2 is 1.84 bits per heavy atom. The number of carbonyl (C=O) groups excluding carboxylic acids is 1. The van der Waals surface area contributed by atoms with E-state index in [4.69, 9.17) is 17.2 Å². The van der Waals surface area contributed by atoms with Crippen molar-refractivity contribution in [3.8, 4) is 11.1 Å². The summed E-state index contributed by atoms with van der Waals surface area (Å²) in [4.78, 5) is 37.7. The largest absolute Gasteiger partial charge is 0.370 e. The second-order valence-corrected chi connectivity index (χ2v) is 13.7. The van der Waals surface area contributed by atoms with Crippen molar-refractivity contribution in [2.24, 2.45) is 28.1 Å². The van der Waals surface area contributed by atoms with Gasteiger partial charge in [0, 0.05) is 55.9 Å². The fraction of sp³-hybridized carbons (Fsp3) is 0.625. The third-order valence-electron chi connectivity index (χ3n) is 6.98. The summed E-state index contributed by atoms with van der Waals surface area (Å²) in [5.41, 5.74) is 18.3. The van der Waals surface area contributed by atoms with Crippen molar-refractivity contribution in [3.05, 3.63) is 52.2 Å². The molecule has 0 unspecified atom stereocenters. The molecule has 0 saturated carbocycles. The average molecular weight is 613 g/mol. The van der Waals surface area contributed by atoms with E-state index in [0.717, 1.165) is 63.2 Å². The molecular formula is C32H56N10O2. The lowest BCUT2D eigenvalue weighted by atomic mass is 9.95. The molecule has 2 atom stereocenters. The van der Waals surface area contributed by atoms with Crippen molar-refractivity contribution in [2.45, 2.75) is 84.8 Å². The monoisotopic (exact) mass is 612 g/mol. The molecule has 12 heteroatoms. The zero-order chi connectivity index (χ0) is 32.9. The van der Waals surface area contributed by atoms with Crippen LogP contribution in [0.4, 0.5) is 4.79 Å². The minimum absolute atomic E-state index is 0.0683. The first-order chi connectivity index (χ1) is 20.6. The van der Waals surface area contributed by atoms with Gasteiger partial charge in [-0.1, -0.05) is 52.0 Å². The summed E-state index contributed by atoms with van der Waals surface area (Å²) in [5.74, 6) is 1.33. The highest BCUT2D eigenvalue weighted by molar-refractivity contribution is 5.75. The summed E-state index contributed by atoms with van der Waals surface area (Å²) in [5, 5.41) is 9.30. The standard InChI is InChI=1S/C19H28N6O.C13H28N4O/c1-19(2,3)17-24-12-15(16(26)25-17)14-7-5-13(6-8-14)11-22-9-4-10-23-18(20)21;1-10(7-14)8-17-6-5-11(9-17)15-12(18)16-13(2,3)4/h5-8,12,22H,4,9-11H2,1-3H3,(H4,20,21,23)(H,24,25,26);10-11H,5-9,14H2,1-4H3,(H2,15,16,18)/t;10-,11-/m.0/s1. The Kier molecular flexibility index (Phi) is 14.3. The molecule has 0 bridgehead atoms. The van der Waals surface area contributed by atoms with Gasteiger partial charge in [0.2, 0.25) is 0 Å². The number of aromatic amines is 1. The number of likely N-dealkylation sites (tertiary alicyclic amines) is 1. The van der Waals surface area contributed by atoms with E-state index in [-0.39, 0.29) is 34.5 Å². The van der Waals surface area contributed by atoms with Crippen molar-refractivity contribution in [3.63, 3.8) is 0 Å². The highest BCUT2D eigenvalue weighted by Crippen LogP contribution is 2.19. The summed E-state index contributed by atoms with van der Waals surface area (Å²) in [6.45, 7) is 20.1. The van der Waals surface area contributed by atoms with Gasteiger partial charge in [-0.15, -0.1) is 0 Å². The van der Waals surface area contributed by atoms with Crippen LogP contribution in [0.5, 0.6) is 0 Å². The maximum absolute atomic E-state index is 12.4. The van der Waals surface area contributed by atoms with Crippen LogP contribution in [0.2, 0.25) is 0 Å². The Hall–Kier alpha value is -3.48. The van der Waals surface area contributed by atoms with Crippen molar-refractivity contribution < 1.29 is 4.79 Å². The number of aromatic nitrogens is 2. The van der Waals surface area contributed by atoms with Crippen LogP contribution in [-0.2, 0) is 12.0 Å². The van der Waals surface area contributed by atoms with E-state index >= 15 is 0 Å². The van der Waals surface area contributed by atoms with E-state index in [1.807, 2.05) is 65.8 Å². The van der Waals surface area contributed by atoms with Crippen LogP contribution < -0.4 is 38.7 Å². The molecule has 1 aliphatic rings. The Bertz CT molecular complexity index is 1240. The van der Waals surface area contributed by atoms with Crippen LogP contribution >= 0.6 is 0 Å². The highest BCUT2D eigenvalue weighted by atomic mass is 16.2. The molecule has 2 heterocycles. The molecule has 10 N–H and O–H groups in total. The molecule has 0 aliphatic carbocycles. The smallest absolute Gasteiger partial charge is 0.315 e. The molecule has 1 aromatic heterocycles. The van der Waals surface area contributed by atoms with Gasteiger partial charge >= 0.3 is 6.03 Å². The van der Waals surface area contributed by atoms with Gasteiger partial charge in [-0.05, 0) is 63.7 Å². The molecule has 2 aromatic rings. The topological polar surface area (TPSA) is 193 Å². The number of nitrogens with zero attached hydrogens (tertiary/aromatic N) is 3. The number of carbonyl (C=O) groups is 1. The van der Waals surface area contributed by atoms with Gasteiger partial charge in [-0.2, -0.15) is 0 Å². The van der Waals surface area contributed by atoms with Gasteiger partial charge in [0.05, 0.1) is 5.56 Å². The van der Waals surface area contributed by atoms with E-state index in [9.17, 15) is 9.59 Å². The van der Waals surface area contributed by atoms with Crippen LogP contribution in [0.25, 0.3) is 11.1 Å². The molecule has 1 aliphatic heterocycles. The predicted molar refractivity (Wildman–Crippen MR) is 180 cm³/mol. The van der Waals surface area contributed by atoms with Gasteiger partial charge in [0.25, 0.3) is 5.56 Å². The molecule has 1 fully saturated rings. The molecule has 0 spiro atoms. The van der Waals surface area contributed by atoms with E-state index < -0.39 is 0 Å². The van der Waals surface area contributed by atoms with E-state index in [0.29, 0.717) is 23.9 Å². The van der Waals surface area contributed by atoms with Gasteiger partial charge in [-0.25, -0.2) is 9.78 Å². The third kappa shape index (κ3) is 13.9. The molecule has 246 valence electrons. The Labute approximate surface area is 263 Å². The summed E-state index contributed by atoms with van der Waals surface area (Å²) < 4.78 is 0. The van der Waals surface area contributed by atoms with Crippen molar-refractivity contribution >= 4 is 12.0 Å². The van der Waals surface area contributed by atoms with Gasteiger partial charge in [0.1, 0.15) is 5.82 Å². The molecule has 1 aromatic carbocycles. The number of benzene rings is 1. The van der Waals surface area contributed by atoms with Crippen molar-refractivity contribution in [1.29, 1.82) is 0 Å². The van der Waals surface area contributed by atoms with Crippen LogP contribution in [0.15, 0.2) is 40.2 Å². The zero-order valence-electron chi connectivity index (χ0n) is 27.8. The van der Waals surface area contributed by atoms with Crippen LogP contribution in [-0.4, -0.2) is 77.7 Å². The van der Waals surface area contributed by atoms with Crippen molar-refractivity contribution in [2.75, 3.05) is 39.3 Å². The minimum Gasteiger partial charge on any atom is -0.370 e. The fourth-order valence-corrected chi connectivity index (χ4v) is 4.62. The van der Waals surface area contributed by atoms with Gasteiger partial charge in [-0.3, -0.25) is 9.79 Å². The Balaban J connectivity index is 0.000000329. The average Bonchev–Trinajstić information content (AvgIpc) is 3.35. The van der Waals surface area contributed by atoms with Crippen LogP contribution in [0, 0.1) is 5.92 Å². The summed E-state index contributed by atoms with van der Waals surface area (Å²) in [6, 6.07) is 8.10. The number of urea groups is 1. The summed E-state index contributed by atoms with van der Waals surface area (Å²) in [6.07, 6.45) is 3.54. The number of H-pyrrole nitrogens is 1. The number of hydrogen-bond donors (Lipinski definition) is 7. The summed E-state index contributed by atoms with van der Waals surface area (Å²) >= 11 is 0. The number of aliphatic imine (C=N–C) groups is 1. The van der Waals surface area contributed by atoms with Crippen molar-refractivity contribution in [1.82, 2.24) is 30.8 Å². The number of nitrogens with one attached hydrogen (secondary N) is 4. The Morgan fingerprint density at radius 1 is 1.16 bits per heavy atom. The minimum atomic E-state index is -0.186. The Morgan fingerprint density at radius 3 is 2.41 bits per heavy atom. The zero-order valence-corrected chi connectivity index (χ0v) is 27.8. The molecule has 2 amide bonds. The van der Waals surface area contributed by atoms with Gasteiger partial charge < -0.3 is 43.0 Å². The third-order valence-corrected chi connectivity index (χ3v) is 6.98. The highest BCUT2D eigenvalue weighted by Gasteiger charge is 2.25. The first-order valence-electron chi connectivity index (χ1n) is 15.5. The quantitative estimate of drug-likeness (QED) is 0.114. The lowest BCUT2D eigenvalue weighted by Gasteiger charge is -2.23. The number of amides is 2. The maximum atomic E-state index is 12.4. The number of hydrogen-bond acceptors (Lipinski definition) is 7. The predicted octanol–water partition coefficient (Wildman–Crippen LogP) is 2.24. The first-order valence-corrected chi connectivity index (χ1v) is 15.5.